The second-order valence-corrected chi connectivity index (χ2v) is 7.88. The summed E-state index contributed by atoms with van der Waals surface area (Å²) in [5.41, 5.74) is 2.27. The van der Waals surface area contributed by atoms with Gasteiger partial charge in [0.15, 0.2) is 0 Å². The highest BCUT2D eigenvalue weighted by molar-refractivity contribution is 5.76. The number of carbonyl (C=O) groups is 1. The van der Waals surface area contributed by atoms with Gasteiger partial charge < -0.3 is 14.4 Å². The van der Waals surface area contributed by atoms with Crippen molar-refractivity contribution in [2.75, 3.05) is 6.61 Å². The molecule has 0 radical (unpaired) electrons. The Balaban J connectivity index is 2.01. The molecule has 0 spiro atoms. The van der Waals surface area contributed by atoms with Gasteiger partial charge in [-0.25, -0.2) is 0 Å². The molecule has 0 saturated heterocycles. The van der Waals surface area contributed by atoms with Crippen LogP contribution in [-0.2, 0) is 20.8 Å². The zero-order valence-electron chi connectivity index (χ0n) is 17.7. The predicted molar refractivity (Wildman–Crippen MR) is 116 cm³/mol. The van der Waals surface area contributed by atoms with Gasteiger partial charge in [0.25, 0.3) is 0 Å². The van der Waals surface area contributed by atoms with Gasteiger partial charge in [-0.1, -0.05) is 74.5 Å². The Morgan fingerprint density at radius 2 is 1.80 bits per heavy atom. The predicted octanol–water partition coefficient (Wildman–Crippen LogP) is 4.76. The lowest BCUT2D eigenvalue weighted by Crippen LogP contribution is -2.45. The summed E-state index contributed by atoms with van der Waals surface area (Å²) in [5.74, 6) is 0.748. The van der Waals surface area contributed by atoms with Gasteiger partial charge in [0.1, 0.15) is 11.8 Å². The van der Waals surface area contributed by atoms with Gasteiger partial charge in [0.05, 0.1) is 18.2 Å². The molecule has 0 aromatic heterocycles. The fourth-order valence-corrected chi connectivity index (χ4v) is 3.54. The van der Waals surface area contributed by atoms with Crippen LogP contribution in [0.2, 0.25) is 0 Å². The van der Waals surface area contributed by atoms with Gasteiger partial charge in [-0.05, 0) is 11.5 Å². The lowest BCUT2D eigenvalue weighted by atomic mass is 9.95. The molecule has 2 aromatic rings. The van der Waals surface area contributed by atoms with E-state index in [1.54, 1.807) is 11.8 Å². The molecule has 2 atom stereocenters. The first kappa shape index (κ1) is 21.6. The maximum atomic E-state index is 12.6. The summed E-state index contributed by atoms with van der Waals surface area (Å²) in [5, 5.41) is 10.0. The van der Waals surface area contributed by atoms with Crippen LogP contribution in [0, 0.1) is 17.2 Å². The van der Waals surface area contributed by atoms with E-state index in [0.29, 0.717) is 36.8 Å². The molecule has 0 unspecified atom stereocenters. The summed E-state index contributed by atoms with van der Waals surface area (Å²) in [6.07, 6.45) is -0.111. The summed E-state index contributed by atoms with van der Waals surface area (Å²) >= 11 is 0. The zero-order valence-corrected chi connectivity index (χ0v) is 17.7. The Kier molecular flexibility index (Phi) is 7.26. The van der Waals surface area contributed by atoms with Crippen LogP contribution in [0.15, 0.2) is 66.2 Å². The fraction of sp³-hybridized carbons (Fsp3) is 0.360. The Bertz CT molecular complexity index is 916. The minimum absolute atomic E-state index is 0.0893. The van der Waals surface area contributed by atoms with Gasteiger partial charge in [-0.15, -0.1) is 0 Å². The Hall–Kier alpha value is -3.10. The van der Waals surface area contributed by atoms with Crippen molar-refractivity contribution in [3.63, 3.8) is 0 Å². The van der Waals surface area contributed by atoms with Crippen LogP contribution in [0.4, 0.5) is 0 Å². The Morgan fingerprint density at radius 1 is 1.17 bits per heavy atom. The van der Waals surface area contributed by atoms with Gasteiger partial charge >= 0.3 is 0 Å². The van der Waals surface area contributed by atoms with Crippen LogP contribution in [0.3, 0.4) is 0 Å². The van der Waals surface area contributed by atoms with Crippen molar-refractivity contribution in [3.8, 4) is 6.07 Å². The average molecular weight is 405 g/mol. The van der Waals surface area contributed by atoms with E-state index in [2.05, 4.69) is 19.9 Å². The van der Waals surface area contributed by atoms with Crippen molar-refractivity contribution >= 4 is 11.7 Å². The van der Waals surface area contributed by atoms with Crippen molar-refractivity contribution in [1.82, 2.24) is 4.90 Å². The molecule has 156 valence electrons. The van der Waals surface area contributed by atoms with Crippen molar-refractivity contribution in [1.29, 1.82) is 5.26 Å². The minimum Gasteiger partial charge on any atom is -0.463 e. The highest BCUT2D eigenvalue weighted by Gasteiger charge is 2.37. The van der Waals surface area contributed by atoms with E-state index in [0.717, 1.165) is 11.1 Å². The van der Waals surface area contributed by atoms with Crippen LogP contribution in [0.5, 0.6) is 0 Å². The molecule has 0 bridgehead atoms. The minimum atomic E-state index is -0.526. The van der Waals surface area contributed by atoms with Crippen LogP contribution in [-0.4, -0.2) is 29.7 Å². The summed E-state index contributed by atoms with van der Waals surface area (Å²) in [7, 11) is 0. The average Bonchev–Trinajstić information content (AvgIpc) is 2.76. The second-order valence-electron chi connectivity index (χ2n) is 7.88. The molecule has 3 rings (SSSR count). The summed E-state index contributed by atoms with van der Waals surface area (Å²) in [4.78, 5) is 14.4. The number of nitrogens with zero attached hydrogens (tertiary/aromatic N) is 2. The van der Waals surface area contributed by atoms with Gasteiger partial charge in [0.2, 0.25) is 12.2 Å². The van der Waals surface area contributed by atoms with Crippen LogP contribution >= 0.6 is 0 Å². The summed E-state index contributed by atoms with van der Waals surface area (Å²) in [6, 6.07) is 21.2. The van der Waals surface area contributed by atoms with E-state index in [1.807, 2.05) is 60.7 Å². The molecule has 0 aliphatic carbocycles. The quantitative estimate of drug-likeness (QED) is 0.668. The fourth-order valence-electron chi connectivity index (χ4n) is 3.54. The molecule has 30 heavy (non-hydrogen) atoms. The number of benzene rings is 2. The first-order valence-corrected chi connectivity index (χ1v) is 10.3. The van der Waals surface area contributed by atoms with Gasteiger partial charge in [-0.2, -0.15) is 5.26 Å². The van der Waals surface area contributed by atoms with Gasteiger partial charge in [0, 0.05) is 25.5 Å². The van der Waals surface area contributed by atoms with Crippen molar-refractivity contribution in [2.24, 2.45) is 5.92 Å². The number of hydrogen-bond acceptors (Lipinski definition) is 4. The van der Waals surface area contributed by atoms with E-state index < -0.39 is 12.3 Å². The highest BCUT2D eigenvalue weighted by atomic mass is 16.7. The molecule has 0 fully saturated rings. The van der Waals surface area contributed by atoms with E-state index in [9.17, 15) is 10.1 Å². The molecule has 0 saturated carbocycles. The number of nitriles is 1. The van der Waals surface area contributed by atoms with E-state index >= 15 is 0 Å². The summed E-state index contributed by atoms with van der Waals surface area (Å²) in [6.45, 7) is 6.66. The molecule has 5 heteroatoms. The van der Waals surface area contributed by atoms with E-state index in [4.69, 9.17) is 9.47 Å². The van der Waals surface area contributed by atoms with Crippen LogP contribution in [0.25, 0.3) is 5.76 Å². The third kappa shape index (κ3) is 5.28. The molecule has 1 aliphatic heterocycles. The first-order valence-electron chi connectivity index (χ1n) is 10.3. The van der Waals surface area contributed by atoms with Gasteiger partial charge in [-0.3, -0.25) is 4.79 Å². The Morgan fingerprint density at radius 3 is 2.37 bits per heavy atom. The standard InChI is InChI=1S/C25H28N2O3/c1-18(2)17-29-24-14-23(27(19(3)28)16-20-10-6-4-7-11-20)22(15-26)25(30-24)21-12-8-5-9-13-21/h4-13,18,23-24H,14,16-17H2,1-3H3/t23-,24+/m0/s1. The zero-order chi connectivity index (χ0) is 21.5. The van der Waals surface area contributed by atoms with Crippen molar-refractivity contribution in [3.05, 3.63) is 77.4 Å². The molecule has 1 aliphatic rings. The number of rotatable bonds is 7. The first-order chi connectivity index (χ1) is 14.5. The third-order valence-corrected chi connectivity index (χ3v) is 4.99. The number of ether oxygens (including phenoxy) is 2. The highest BCUT2D eigenvalue weighted by Crippen LogP contribution is 2.35. The van der Waals surface area contributed by atoms with Crippen LogP contribution in [0.1, 0.15) is 38.3 Å². The molecule has 1 amide bonds. The lowest BCUT2D eigenvalue weighted by Gasteiger charge is -2.38. The molecular formula is C25H28N2O3. The number of amides is 1. The largest absolute Gasteiger partial charge is 0.463 e. The van der Waals surface area contributed by atoms with Crippen molar-refractivity contribution < 1.29 is 14.3 Å². The Labute approximate surface area is 178 Å². The SMILES string of the molecule is CC(=O)N(Cc1ccccc1)[C@H]1C[C@H](OCC(C)C)OC(c2ccccc2)=C1C#N. The third-order valence-electron chi connectivity index (χ3n) is 4.99. The molecule has 2 aromatic carbocycles. The molecule has 5 nitrogen and oxygen atoms in total. The normalized spacial score (nSPS) is 18.6. The van der Waals surface area contributed by atoms with Crippen molar-refractivity contribution in [2.45, 2.75) is 46.1 Å². The van der Waals surface area contributed by atoms with Crippen LogP contribution < -0.4 is 0 Å². The maximum absolute atomic E-state index is 12.6. The smallest absolute Gasteiger partial charge is 0.220 e. The molecular weight excluding hydrogens is 376 g/mol. The maximum Gasteiger partial charge on any atom is 0.220 e. The van der Waals surface area contributed by atoms with E-state index in [-0.39, 0.29) is 5.91 Å². The molecule has 1 heterocycles. The molecule has 0 N–H and O–H groups in total. The van der Waals surface area contributed by atoms with E-state index in [1.165, 1.54) is 0 Å². The number of carbonyl (C=O) groups excluding carboxylic acids is 1. The summed E-state index contributed by atoms with van der Waals surface area (Å²) < 4.78 is 12.1. The monoisotopic (exact) mass is 404 g/mol. The number of hydrogen-bond donors (Lipinski definition) is 0. The topological polar surface area (TPSA) is 62.6 Å². The second kappa shape index (κ2) is 10.1. The lowest BCUT2D eigenvalue weighted by molar-refractivity contribution is -0.141.